The van der Waals surface area contributed by atoms with Crippen LogP contribution in [-0.2, 0) is 0 Å². The Hall–Kier alpha value is -0.130. The van der Waals surface area contributed by atoms with Crippen molar-refractivity contribution in [3.05, 3.63) is 16.3 Å². The topological polar surface area (TPSA) is 0 Å². The van der Waals surface area contributed by atoms with Crippen LogP contribution in [0.25, 0.3) is 0 Å². The summed E-state index contributed by atoms with van der Waals surface area (Å²) >= 11 is 1.78. The van der Waals surface area contributed by atoms with Gasteiger partial charge in [0.05, 0.1) is 0 Å². The Morgan fingerprint density at radius 3 is 2.75 bits per heavy atom. The molecule has 0 spiro atoms. The third-order valence-electron chi connectivity index (χ3n) is 1.00. The first kappa shape index (κ1) is 6.00. The summed E-state index contributed by atoms with van der Waals surface area (Å²) in [4.78, 5) is 1.39. The van der Waals surface area contributed by atoms with Gasteiger partial charge in [-0.05, 0) is 18.4 Å². The van der Waals surface area contributed by atoms with Gasteiger partial charge in [-0.3, -0.25) is 0 Å². The Bertz CT molecular complexity index is 190. The first-order valence-corrected chi connectivity index (χ1v) is 4.31. The van der Waals surface area contributed by atoms with Crippen LogP contribution in [0.1, 0.15) is 4.88 Å². The number of hydrogen-bond acceptors (Lipinski definition) is 1. The molecule has 0 fully saturated rings. The summed E-state index contributed by atoms with van der Waals surface area (Å²) in [5, 5.41) is 3.46. The summed E-state index contributed by atoms with van der Waals surface area (Å²) < 4.78 is 0. The van der Waals surface area contributed by atoms with Crippen molar-refractivity contribution >= 4 is 31.1 Å². The zero-order valence-electron chi connectivity index (χ0n) is 4.72. The van der Waals surface area contributed by atoms with Crippen LogP contribution in [0.4, 0.5) is 0 Å². The molecule has 0 aliphatic rings. The lowest BCUT2D eigenvalue weighted by atomic mass is 10.5. The van der Waals surface area contributed by atoms with Gasteiger partial charge in [0.2, 0.25) is 0 Å². The van der Waals surface area contributed by atoms with Crippen LogP contribution in [0, 0.1) is 6.92 Å². The van der Waals surface area contributed by atoms with Crippen LogP contribution in [0.2, 0.25) is 0 Å². The van der Waals surface area contributed by atoms with Crippen LogP contribution in [0.15, 0.2) is 11.4 Å². The fraction of sp³-hybridized carbons (Fsp3) is 0.167. The van der Waals surface area contributed by atoms with Crippen LogP contribution < -0.4 is 5.30 Å². The van der Waals surface area contributed by atoms with Gasteiger partial charge in [-0.25, -0.2) is 0 Å². The van der Waals surface area contributed by atoms with Crippen molar-refractivity contribution in [1.82, 2.24) is 0 Å². The molecule has 0 atom stereocenters. The van der Waals surface area contributed by atoms with Gasteiger partial charge in [0.15, 0.2) is 0 Å². The largest absolute Gasteiger partial charge is 0.148 e. The van der Waals surface area contributed by atoms with E-state index < -0.39 is 0 Å². The quantitative estimate of drug-likeness (QED) is 0.526. The summed E-state index contributed by atoms with van der Waals surface area (Å²) in [5.74, 6) is 0. The Kier molecular flexibility index (Phi) is 1.82. The van der Waals surface area contributed by atoms with E-state index in [2.05, 4.69) is 24.7 Å². The third kappa shape index (κ3) is 0.988. The highest BCUT2D eigenvalue weighted by Gasteiger charge is 1.90. The molecule has 0 aliphatic heterocycles. The predicted octanol–water partition coefficient (Wildman–Crippen LogP) is 2.06. The highest BCUT2D eigenvalue weighted by Crippen LogP contribution is 2.08. The SMILES string of the molecule is C=Pc1ccsc1C. The lowest BCUT2D eigenvalue weighted by Crippen LogP contribution is -1.86. The summed E-state index contributed by atoms with van der Waals surface area (Å²) in [5.41, 5.74) is 0. The average molecular weight is 142 g/mol. The minimum Gasteiger partial charge on any atom is -0.148 e. The van der Waals surface area contributed by atoms with Crippen molar-refractivity contribution < 1.29 is 0 Å². The molecule has 0 saturated carbocycles. The molecule has 1 aromatic heterocycles. The Labute approximate surface area is 55.0 Å². The van der Waals surface area contributed by atoms with Crippen LogP contribution >= 0.6 is 19.5 Å². The van der Waals surface area contributed by atoms with Gasteiger partial charge >= 0.3 is 0 Å². The van der Waals surface area contributed by atoms with Crippen LogP contribution in [0.5, 0.6) is 0 Å². The molecular weight excluding hydrogens is 135 g/mol. The van der Waals surface area contributed by atoms with Gasteiger partial charge in [-0.2, -0.15) is 0 Å². The van der Waals surface area contributed by atoms with Crippen molar-refractivity contribution in [2.75, 3.05) is 0 Å². The summed E-state index contributed by atoms with van der Waals surface area (Å²) in [6.07, 6.45) is 3.77. The molecule has 0 radical (unpaired) electrons. The second kappa shape index (κ2) is 2.43. The summed E-state index contributed by atoms with van der Waals surface area (Å²) in [6.45, 7) is 2.12. The van der Waals surface area contributed by atoms with Gasteiger partial charge in [-0.1, -0.05) is 14.5 Å². The predicted molar refractivity (Wildman–Crippen MR) is 42.7 cm³/mol. The van der Waals surface area contributed by atoms with Gasteiger partial charge in [0.25, 0.3) is 0 Å². The molecule has 2 heteroatoms. The minimum atomic E-state index is 1.14. The zero-order chi connectivity index (χ0) is 5.98. The van der Waals surface area contributed by atoms with E-state index in [1.54, 1.807) is 11.3 Å². The maximum Gasteiger partial charge on any atom is 0.0148 e. The smallest absolute Gasteiger partial charge is 0.0148 e. The van der Waals surface area contributed by atoms with E-state index in [1.807, 2.05) is 0 Å². The Morgan fingerprint density at radius 2 is 2.50 bits per heavy atom. The fourth-order valence-corrected chi connectivity index (χ4v) is 1.99. The Morgan fingerprint density at radius 1 is 1.75 bits per heavy atom. The lowest BCUT2D eigenvalue weighted by Gasteiger charge is -1.81. The maximum absolute atomic E-state index is 3.77. The molecular formula is C6H7PS. The van der Waals surface area contributed by atoms with E-state index in [-0.39, 0.29) is 0 Å². The molecule has 0 nitrogen and oxygen atoms in total. The molecule has 0 aromatic carbocycles. The average Bonchev–Trinajstić information content (AvgIpc) is 2.14. The highest BCUT2D eigenvalue weighted by molar-refractivity contribution is 7.46. The van der Waals surface area contributed by atoms with Crippen molar-refractivity contribution in [2.24, 2.45) is 0 Å². The standard InChI is InChI=1S/C6H7PS/c1-5-6(7-2)3-4-8-5/h3-4H,2H2,1H3. The molecule has 8 heavy (non-hydrogen) atoms. The van der Waals surface area contributed by atoms with Crippen LogP contribution in [-0.4, -0.2) is 6.30 Å². The first-order valence-electron chi connectivity index (χ1n) is 2.35. The number of rotatable bonds is 1. The molecule has 0 N–H and O–H groups in total. The second-order valence-corrected chi connectivity index (χ2v) is 3.44. The fourth-order valence-electron chi connectivity index (χ4n) is 0.542. The van der Waals surface area contributed by atoms with Crippen molar-refractivity contribution in [3.63, 3.8) is 0 Å². The molecule has 1 rings (SSSR count). The number of aryl methyl sites for hydroxylation is 1. The second-order valence-electron chi connectivity index (χ2n) is 1.52. The van der Waals surface area contributed by atoms with E-state index in [0.717, 1.165) is 8.20 Å². The van der Waals surface area contributed by atoms with Crippen LogP contribution in [0.3, 0.4) is 0 Å². The van der Waals surface area contributed by atoms with Gasteiger partial charge in [-0.15, -0.1) is 11.3 Å². The van der Waals surface area contributed by atoms with Crippen molar-refractivity contribution in [3.8, 4) is 0 Å². The molecule has 0 aliphatic carbocycles. The summed E-state index contributed by atoms with van der Waals surface area (Å²) in [7, 11) is 1.14. The van der Waals surface area contributed by atoms with E-state index in [0.29, 0.717) is 0 Å². The molecule has 42 valence electrons. The summed E-state index contributed by atoms with van der Waals surface area (Å²) in [6, 6.07) is 2.12. The van der Waals surface area contributed by atoms with E-state index >= 15 is 0 Å². The van der Waals surface area contributed by atoms with Gasteiger partial charge < -0.3 is 0 Å². The number of thiophene rings is 1. The van der Waals surface area contributed by atoms with E-state index in [1.165, 1.54) is 10.2 Å². The van der Waals surface area contributed by atoms with Crippen molar-refractivity contribution in [2.45, 2.75) is 6.92 Å². The molecule has 0 bridgehead atoms. The van der Waals surface area contributed by atoms with E-state index in [4.69, 9.17) is 0 Å². The zero-order valence-corrected chi connectivity index (χ0v) is 6.43. The lowest BCUT2D eigenvalue weighted by molar-refractivity contribution is 1.69. The molecule has 1 heterocycles. The molecule has 0 unspecified atom stereocenters. The maximum atomic E-state index is 3.77. The first-order chi connectivity index (χ1) is 3.84. The van der Waals surface area contributed by atoms with Crippen molar-refractivity contribution in [1.29, 1.82) is 0 Å². The monoisotopic (exact) mass is 142 g/mol. The molecule has 0 amide bonds. The molecule has 1 aromatic rings. The molecule has 0 saturated heterocycles. The minimum absolute atomic E-state index is 1.14. The van der Waals surface area contributed by atoms with Gasteiger partial charge in [0.1, 0.15) is 0 Å². The normalized spacial score (nSPS) is 10.1. The highest BCUT2D eigenvalue weighted by atomic mass is 32.1. The number of hydrogen-bond donors (Lipinski definition) is 0. The van der Waals surface area contributed by atoms with Gasteiger partial charge in [0, 0.05) is 10.2 Å². The van der Waals surface area contributed by atoms with E-state index in [9.17, 15) is 0 Å². The Balaban J connectivity index is 3.09. The third-order valence-corrected chi connectivity index (χ3v) is 2.82.